The summed E-state index contributed by atoms with van der Waals surface area (Å²) in [5, 5.41) is 10.2. The van der Waals surface area contributed by atoms with Crippen LogP contribution in [0.5, 0.6) is 0 Å². The van der Waals surface area contributed by atoms with Crippen molar-refractivity contribution in [1.29, 1.82) is 0 Å². The molecular formula is C17H26N6O2. The van der Waals surface area contributed by atoms with Crippen LogP contribution >= 0.6 is 0 Å². The van der Waals surface area contributed by atoms with Gasteiger partial charge in [-0.2, -0.15) is 10.2 Å². The quantitative estimate of drug-likeness (QED) is 0.829. The summed E-state index contributed by atoms with van der Waals surface area (Å²) < 4.78 is 1.93. The minimum Gasteiger partial charge on any atom is -0.335 e. The van der Waals surface area contributed by atoms with Crippen molar-refractivity contribution in [2.45, 2.75) is 65.5 Å². The number of carbonyl (C=O) groups excluding carboxylic acids is 2. The molecule has 8 heteroatoms. The van der Waals surface area contributed by atoms with E-state index in [9.17, 15) is 9.59 Å². The van der Waals surface area contributed by atoms with E-state index in [1.165, 1.54) is 5.01 Å². The molecule has 0 spiro atoms. The second-order valence-electron chi connectivity index (χ2n) is 7.08. The molecule has 8 nitrogen and oxygen atoms in total. The molecule has 2 aliphatic rings. The Hall–Kier alpha value is -2.25. The van der Waals surface area contributed by atoms with Crippen molar-refractivity contribution in [3.05, 3.63) is 11.6 Å². The molecule has 1 fully saturated rings. The van der Waals surface area contributed by atoms with Gasteiger partial charge < -0.3 is 4.90 Å². The van der Waals surface area contributed by atoms with Gasteiger partial charge in [-0.3, -0.25) is 9.59 Å². The van der Waals surface area contributed by atoms with Gasteiger partial charge in [-0.1, -0.05) is 0 Å². The molecule has 0 bridgehead atoms. The molecule has 2 amide bonds. The van der Waals surface area contributed by atoms with Crippen LogP contribution in [0.4, 0.5) is 0 Å². The highest BCUT2D eigenvalue weighted by Crippen LogP contribution is 2.23. The lowest BCUT2D eigenvalue weighted by Gasteiger charge is -2.34. The fourth-order valence-corrected chi connectivity index (χ4v) is 3.53. The number of aryl methyl sites for hydroxylation is 2. The van der Waals surface area contributed by atoms with Crippen LogP contribution in [0.15, 0.2) is 5.10 Å². The van der Waals surface area contributed by atoms with Crippen LogP contribution in [0.3, 0.4) is 0 Å². The van der Waals surface area contributed by atoms with E-state index < -0.39 is 0 Å². The van der Waals surface area contributed by atoms with Gasteiger partial charge in [0.1, 0.15) is 17.4 Å². The molecule has 3 rings (SSSR count). The lowest BCUT2D eigenvalue weighted by atomic mass is 10.0. The number of piperidine rings is 1. The second-order valence-corrected chi connectivity index (χ2v) is 7.08. The Labute approximate surface area is 147 Å². The Balaban J connectivity index is 1.75. The zero-order valence-electron chi connectivity index (χ0n) is 15.4. The van der Waals surface area contributed by atoms with E-state index >= 15 is 0 Å². The maximum Gasteiger partial charge on any atom is 0.270 e. The summed E-state index contributed by atoms with van der Waals surface area (Å²) >= 11 is 0. The number of nitrogens with zero attached hydrogens (tertiary/aromatic N) is 6. The third kappa shape index (κ3) is 3.57. The first kappa shape index (κ1) is 17.6. The Morgan fingerprint density at radius 2 is 2.00 bits per heavy atom. The number of likely N-dealkylation sites (tertiary alicyclic amines) is 1. The zero-order chi connectivity index (χ0) is 18.1. The van der Waals surface area contributed by atoms with Gasteiger partial charge in [0.15, 0.2) is 0 Å². The summed E-state index contributed by atoms with van der Waals surface area (Å²) in [5.74, 6) is 1.56. The summed E-state index contributed by atoms with van der Waals surface area (Å²) in [4.78, 5) is 31.0. The van der Waals surface area contributed by atoms with E-state index in [4.69, 9.17) is 0 Å². The molecule has 1 aromatic rings. The Kier molecular flexibility index (Phi) is 4.87. The molecule has 0 unspecified atom stereocenters. The van der Waals surface area contributed by atoms with Crippen LogP contribution < -0.4 is 0 Å². The molecule has 136 valence electrons. The van der Waals surface area contributed by atoms with Gasteiger partial charge in [-0.15, -0.1) is 0 Å². The highest BCUT2D eigenvalue weighted by molar-refractivity contribution is 6.39. The maximum atomic E-state index is 12.9. The van der Waals surface area contributed by atoms with Crippen LogP contribution in [-0.4, -0.2) is 61.3 Å². The standard InChI is InChI=1S/C17H26N6O2/c1-11(2)22-16(24)8-7-15(20-22)17(25)21-9-5-6-14(10-21)23-13(4)18-12(3)19-23/h11,14H,5-10H2,1-4H3/t14-/m1/s1. The number of aromatic nitrogens is 3. The number of hydrogen-bond donors (Lipinski definition) is 0. The number of hydrazone groups is 1. The van der Waals surface area contributed by atoms with Gasteiger partial charge in [0.2, 0.25) is 5.91 Å². The van der Waals surface area contributed by atoms with Crippen molar-refractivity contribution in [2.24, 2.45) is 5.10 Å². The van der Waals surface area contributed by atoms with E-state index in [0.717, 1.165) is 31.0 Å². The smallest absolute Gasteiger partial charge is 0.270 e. The molecule has 2 aliphatic heterocycles. The first-order valence-corrected chi connectivity index (χ1v) is 8.95. The van der Waals surface area contributed by atoms with Crippen LogP contribution in [0.1, 0.15) is 57.2 Å². The molecule has 0 aliphatic carbocycles. The van der Waals surface area contributed by atoms with Crippen molar-refractivity contribution in [3.8, 4) is 0 Å². The molecule has 1 atom stereocenters. The third-order valence-corrected chi connectivity index (χ3v) is 4.73. The van der Waals surface area contributed by atoms with Crippen molar-refractivity contribution in [2.75, 3.05) is 13.1 Å². The maximum absolute atomic E-state index is 12.9. The van der Waals surface area contributed by atoms with E-state index in [2.05, 4.69) is 15.2 Å². The van der Waals surface area contributed by atoms with Gasteiger partial charge in [-0.25, -0.2) is 14.7 Å². The van der Waals surface area contributed by atoms with Crippen LogP contribution in [0, 0.1) is 13.8 Å². The molecule has 1 aromatic heterocycles. The van der Waals surface area contributed by atoms with E-state index in [1.807, 2.05) is 37.3 Å². The molecular weight excluding hydrogens is 320 g/mol. The highest BCUT2D eigenvalue weighted by atomic mass is 16.2. The van der Waals surface area contributed by atoms with E-state index in [1.54, 1.807) is 0 Å². The first-order chi connectivity index (χ1) is 11.9. The second kappa shape index (κ2) is 6.93. The summed E-state index contributed by atoms with van der Waals surface area (Å²) in [5.41, 5.74) is 0.487. The lowest BCUT2D eigenvalue weighted by molar-refractivity contribution is -0.133. The minimum atomic E-state index is -0.0580. The van der Waals surface area contributed by atoms with Gasteiger partial charge in [0.05, 0.1) is 6.04 Å². The van der Waals surface area contributed by atoms with Gasteiger partial charge in [0.25, 0.3) is 5.91 Å². The number of amides is 2. The molecule has 0 radical (unpaired) electrons. The topological polar surface area (TPSA) is 83.7 Å². The summed E-state index contributed by atoms with van der Waals surface area (Å²) in [6, 6.07) is 0.108. The van der Waals surface area contributed by atoms with Gasteiger partial charge in [-0.05, 0) is 40.5 Å². The predicted molar refractivity (Wildman–Crippen MR) is 93.0 cm³/mol. The van der Waals surface area contributed by atoms with Crippen LogP contribution in [0.2, 0.25) is 0 Å². The first-order valence-electron chi connectivity index (χ1n) is 8.95. The SMILES string of the molecule is Cc1nc(C)n([C@@H]2CCCN(C(=O)C3=NN(C(C)C)C(=O)CC3)C2)n1. The summed E-state index contributed by atoms with van der Waals surface area (Å²) in [6.45, 7) is 8.96. The molecule has 3 heterocycles. The molecule has 25 heavy (non-hydrogen) atoms. The number of carbonyl (C=O) groups is 2. The summed E-state index contributed by atoms with van der Waals surface area (Å²) in [7, 11) is 0. The van der Waals surface area contributed by atoms with E-state index in [0.29, 0.717) is 25.1 Å². The van der Waals surface area contributed by atoms with Gasteiger partial charge in [0, 0.05) is 32.0 Å². The molecule has 1 saturated heterocycles. The predicted octanol–water partition coefficient (Wildman–Crippen LogP) is 1.45. The van der Waals surface area contributed by atoms with Gasteiger partial charge >= 0.3 is 0 Å². The Morgan fingerprint density at radius 1 is 1.24 bits per heavy atom. The monoisotopic (exact) mass is 346 g/mol. The zero-order valence-corrected chi connectivity index (χ0v) is 15.4. The highest BCUT2D eigenvalue weighted by Gasteiger charge is 2.32. The van der Waals surface area contributed by atoms with Crippen molar-refractivity contribution in [1.82, 2.24) is 24.7 Å². The molecule has 0 saturated carbocycles. The number of hydrogen-bond acceptors (Lipinski definition) is 5. The average molecular weight is 346 g/mol. The fourth-order valence-electron chi connectivity index (χ4n) is 3.53. The van der Waals surface area contributed by atoms with Crippen molar-refractivity contribution < 1.29 is 9.59 Å². The minimum absolute atomic E-state index is 0.0169. The molecule has 0 aromatic carbocycles. The van der Waals surface area contributed by atoms with E-state index in [-0.39, 0.29) is 23.9 Å². The molecule has 0 N–H and O–H groups in total. The lowest BCUT2D eigenvalue weighted by Crippen LogP contribution is -2.47. The van der Waals surface area contributed by atoms with Crippen molar-refractivity contribution >= 4 is 17.5 Å². The van der Waals surface area contributed by atoms with Crippen molar-refractivity contribution in [3.63, 3.8) is 0 Å². The normalized spacial score (nSPS) is 21.7. The third-order valence-electron chi connectivity index (χ3n) is 4.73. The Morgan fingerprint density at radius 3 is 2.64 bits per heavy atom. The summed E-state index contributed by atoms with van der Waals surface area (Å²) in [6.07, 6.45) is 2.68. The van der Waals surface area contributed by atoms with Crippen LogP contribution in [-0.2, 0) is 9.59 Å². The fraction of sp³-hybridized carbons (Fsp3) is 0.706. The average Bonchev–Trinajstić information content (AvgIpc) is 2.93. The Bertz CT molecular complexity index is 708. The van der Waals surface area contributed by atoms with Crippen LogP contribution in [0.25, 0.3) is 0 Å². The largest absolute Gasteiger partial charge is 0.335 e. The number of rotatable bonds is 3.